The maximum absolute atomic E-state index is 12.1. The van der Waals surface area contributed by atoms with Crippen LogP contribution < -0.4 is 10.9 Å². The number of nitrogens with zero attached hydrogens (tertiary/aromatic N) is 1. The van der Waals surface area contributed by atoms with Crippen LogP contribution in [-0.2, 0) is 0 Å². The van der Waals surface area contributed by atoms with Crippen LogP contribution in [0.2, 0.25) is 5.02 Å². The zero-order valence-electron chi connectivity index (χ0n) is 12.4. The van der Waals surface area contributed by atoms with E-state index in [0.29, 0.717) is 0 Å². The van der Waals surface area contributed by atoms with Crippen LogP contribution in [0, 0.1) is 17.0 Å². The van der Waals surface area contributed by atoms with Crippen LogP contribution in [0.3, 0.4) is 0 Å². The van der Waals surface area contributed by atoms with E-state index in [0.717, 1.165) is 0 Å². The number of amides is 2. The average Bonchev–Trinajstić information content (AvgIpc) is 2.54. The predicted octanol–water partition coefficient (Wildman–Crippen LogP) is 2.34. The minimum atomic E-state index is -0.786. The summed E-state index contributed by atoms with van der Waals surface area (Å²) < 4.78 is 0. The molecule has 0 saturated carbocycles. The van der Waals surface area contributed by atoms with Gasteiger partial charge in [-0.25, -0.2) is 0 Å². The number of carbonyl (C=O) groups excluding carboxylic acids is 2. The van der Waals surface area contributed by atoms with E-state index in [1.807, 2.05) is 0 Å². The van der Waals surface area contributed by atoms with Crippen molar-refractivity contribution < 1.29 is 19.6 Å². The Hall–Kier alpha value is -3.13. The number of rotatable bonds is 3. The first kappa shape index (κ1) is 17.2. The minimum Gasteiger partial charge on any atom is -0.507 e. The van der Waals surface area contributed by atoms with Gasteiger partial charge in [-0.2, -0.15) is 0 Å². The maximum Gasteiger partial charge on any atom is 0.273 e. The first-order chi connectivity index (χ1) is 11.3. The van der Waals surface area contributed by atoms with Gasteiger partial charge in [0.25, 0.3) is 17.5 Å². The summed E-state index contributed by atoms with van der Waals surface area (Å²) in [6.07, 6.45) is 0. The van der Waals surface area contributed by atoms with E-state index in [1.54, 1.807) is 0 Å². The fourth-order valence-corrected chi connectivity index (χ4v) is 2.18. The van der Waals surface area contributed by atoms with Gasteiger partial charge in [0.1, 0.15) is 5.75 Å². The van der Waals surface area contributed by atoms with E-state index in [1.165, 1.54) is 43.3 Å². The predicted molar refractivity (Wildman–Crippen MR) is 85.9 cm³/mol. The highest BCUT2D eigenvalue weighted by atomic mass is 35.5. The summed E-state index contributed by atoms with van der Waals surface area (Å²) in [6.45, 7) is 1.43. The second-order valence-corrected chi connectivity index (χ2v) is 5.21. The number of aromatic hydroxyl groups is 1. The molecule has 9 heteroatoms. The number of hydrogen-bond donors (Lipinski definition) is 3. The van der Waals surface area contributed by atoms with E-state index in [2.05, 4.69) is 10.9 Å². The van der Waals surface area contributed by atoms with Crippen LogP contribution >= 0.6 is 11.6 Å². The summed E-state index contributed by atoms with van der Waals surface area (Å²) in [5.74, 6) is -1.82. The summed E-state index contributed by atoms with van der Waals surface area (Å²) in [7, 11) is 0. The Kier molecular flexibility index (Phi) is 5.00. The second kappa shape index (κ2) is 6.97. The lowest BCUT2D eigenvalue weighted by atomic mass is 10.1. The lowest BCUT2D eigenvalue weighted by Gasteiger charge is -2.10. The molecule has 0 radical (unpaired) electrons. The van der Waals surface area contributed by atoms with Gasteiger partial charge in [0.15, 0.2) is 0 Å². The number of phenolic OH excluding ortho intramolecular Hbond substituents is 1. The van der Waals surface area contributed by atoms with Crippen molar-refractivity contribution in [1.29, 1.82) is 0 Å². The van der Waals surface area contributed by atoms with E-state index >= 15 is 0 Å². The van der Waals surface area contributed by atoms with E-state index in [-0.39, 0.29) is 33.1 Å². The highest BCUT2D eigenvalue weighted by Crippen LogP contribution is 2.22. The molecule has 0 aliphatic heterocycles. The van der Waals surface area contributed by atoms with Crippen LogP contribution in [-0.4, -0.2) is 21.8 Å². The molecule has 0 aliphatic rings. The number of hydrazine groups is 1. The third-order valence-electron chi connectivity index (χ3n) is 3.24. The smallest absolute Gasteiger partial charge is 0.273 e. The van der Waals surface area contributed by atoms with Crippen molar-refractivity contribution in [1.82, 2.24) is 10.9 Å². The number of nitro groups is 1. The third-order valence-corrected chi connectivity index (χ3v) is 3.47. The second-order valence-electron chi connectivity index (χ2n) is 4.78. The van der Waals surface area contributed by atoms with Crippen molar-refractivity contribution in [3.8, 4) is 5.75 Å². The van der Waals surface area contributed by atoms with Crippen LogP contribution in [0.4, 0.5) is 5.69 Å². The molecule has 2 aromatic rings. The number of carbonyl (C=O) groups is 2. The van der Waals surface area contributed by atoms with E-state index in [9.17, 15) is 24.8 Å². The molecule has 2 aromatic carbocycles. The van der Waals surface area contributed by atoms with Crippen LogP contribution in [0.1, 0.15) is 26.3 Å². The molecular formula is C15H12ClN3O5. The molecular weight excluding hydrogens is 338 g/mol. The van der Waals surface area contributed by atoms with Crippen molar-refractivity contribution in [2.24, 2.45) is 0 Å². The minimum absolute atomic E-state index is 0.0415. The lowest BCUT2D eigenvalue weighted by Crippen LogP contribution is -2.41. The monoisotopic (exact) mass is 349 g/mol. The van der Waals surface area contributed by atoms with Crippen molar-refractivity contribution in [3.63, 3.8) is 0 Å². The molecule has 24 heavy (non-hydrogen) atoms. The Morgan fingerprint density at radius 2 is 1.75 bits per heavy atom. The first-order valence-electron chi connectivity index (χ1n) is 6.64. The van der Waals surface area contributed by atoms with Gasteiger partial charge in [0, 0.05) is 16.7 Å². The molecule has 0 aromatic heterocycles. The molecule has 0 aliphatic carbocycles. The van der Waals surface area contributed by atoms with Gasteiger partial charge < -0.3 is 5.11 Å². The zero-order valence-corrected chi connectivity index (χ0v) is 13.1. The van der Waals surface area contributed by atoms with E-state index in [4.69, 9.17) is 11.6 Å². The summed E-state index contributed by atoms with van der Waals surface area (Å²) >= 11 is 5.75. The topological polar surface area (TPSA) is 122 Å². The molecule has 3 N–H and O–H groups in total. The van der Waals surface area contributed by atoms with Crippen LogP contribution in [0.25, 0.3) is 0 Å². The number of benzene rings is 2. The standard InChI is InChI=1S/C15H12ClN3O5/c1-8-10(3-2-4-12(8)19(23)24)14(21)17-18-15(22)11-7-9(16)5-6-13(11)20/h2-7,20H,1H3,(H,17,21)(H,18,22). The molecule has 0 bridgehead atoms. The van der Waals surface area contributed by atoms with Gasteiger partial charge in [-0.3, -0.25) is 30.6 Å². The SMILES string of the molecule is Cc1c(C(=O)NNC(=O)c2cc(Cl)ccc2O)cccc1[N+](=O)[O-]. The Bertz CT molecular complexity index is 838. The normalized spacial score (nSPS) is 10.1. The summed E-state index contributed by atoms with van der Waals surface area (Å²) in [4.78, 5) is 34.3. The Morgan fingerprint density at radius 1 is 1.12 bits per heavy atom. The molecule has 2 amide bonds. The summed E-state index contributed by atoms with van der Waals surface area (Å²) in [5, 5.41) is 20.7. The highest BCUT2D eigenvalue weighted by Gasteiger charge is 2.19. The number of phenols is 1. The highest BCUT2D eigenvalue weighted by molar-refractivity contribution is 6.31. The molecule has 124 valence electrons. The van der Waals surface area contributed by atoms with Gasteiger partial charge in [0.05, 0.1) is 16.1 Å². The number of hydrogen-bond acceptors (Lipinski definition) is 5. The number of halogens is 1. The Morgan fingerprint density at radius 3 is 2.38 bits per heavy atom. The average molecular weight is 350 g/mol. The molecule has 2 rings (SSSR count). The fraction of sp³-hybridized carbons (Fsp3) is 0.0667. The lowest BCUT2D eigenvalue weighted by molar-refractivity contribution is -0.385. The van der Waals surface area contributed by atoms with E-state index < -0.39 is 16.7 Å². The van der Waals surface area contributed by atoms with Gasteiger partial charge >= 0.3 is 0 Å². The molecule has 8 nitrogen and oxygen atoms in total. The number of nitrogens with one attached hydrogen (secondary N) is 2. The Labute approximate surface area is 141 Å². The zero-order chi connectivity index (χ0) is 17.9. The molecule has 0 spiro atoms. The van der Waals surface area contributed by atoms with Gasteiger partial charge in [0.2, 0.25) is 0 Å². The van der Waals surface area contributed by atoms with Crippen molar-refractivity contribution in [2.45, 2.75) is 6.92 Å². The summed E-state index contributed by atoms with van der Waals surface area (Å²) in [6, 6.07) is 7.90. The van der Waals surface area contributed by atoms with Crippen LogP contribution in [0.5, 0.6) is 5.75 Å². The molecule has 0 fully saturated rings. The first-order valence-corrected chi connectivity index (χ1v) is 7.02. The van der Waals surface area contributed by atoms with Crippen LogP contribution in [0.15, 0.2) is 36.4 Å². The third kappa shape index (κ3) is 3.61. The Balaban J connectivity index is 2.14. The van der Waals surface area contributed by atoms with Crippen molar-refractivity contribution in [2.75, 3.05) is 0 Å². The molecule has 0 unspecified atom stereocenters. The fourth-order valence-electron chi connectivity index (χ4n) is 2.01. The van der Waals surface area contributed by atoms with Gasteiger partial charge in [-0.05, 0) is 31.2 Å². The quantitative estimate of drug-likeness (QED) is 0.580. The largest absolute Gasteiger partial charge is 0.507 e. The van der Waals surface area contributed by atoms with Crippen molar-refractivity contribution >= 4 is 29.1 Å². The maximum atomic E-state index is 12.1. The molecule has 0 heterocycles. The van der Waals surface area contributed by atoms with Gasteiger partial charge in [-0.15, -0.1) is 0 Å². The molecule has 0 atom stereocenters. The number of nitro benzene ring substituents is 1. The van der Waals surface area contributed by atoms with Gasteiger partial charge in [-0.1, -0.05) is 17.7 Å². The van der Waals surface area contributed by atoms with Crippen molar-refractivity contribution in [3.05, 3.63) is 68.2 Å². The molecule has 0 saturated heterocycles. The summed E-state index contributed by atoms with van der Waals surface area (Å²) in [5.41, 5.74) is 4.12.